The number of nitrogens with one attached hydrogen (secondary N) is 2. The lowest BCUT2D eigenvalue weighted by molar-refractivity contribution is -0.137. The molecule has 32 heavy (non-hydrogen) atoms. The van der Waals surface area contributed by atoms with Crippen molar-refractivity contribution < 1.29 is 18.0 Å². The highest BCUT2D eigenvalue weighted by atomic mass is 35.5. The van der Waals surface area contributed by atoms with Gasteiger partial charge in [0.15, 0.2) is 0 Å². The molecule has 1 aliphatic carbocycles. The van der Waals surface area contributed by atoms with Crippen molar-refractivity contribution in [1.29, 1.82) is 0 Å². The molecule has 4 rings (SSSR count). The largest absolute Gasteiger partial charge is 0.416 e. The van der Waals surface area contributed by atoms with Gasteiger partial charge in [0.1, 0.15) is 5.84 Å². The van der Waals surface area contributed by atoms with Gasteiger partial charge >= 0.3 is 6.18 Å². The maximum atomic E-state index is 13.0. The van der Waals surface area contributed by atoms with Gasteiger partial charge in [0, 0.05) is 18.2 Å². The van der Waals surface area contributed by atoms with E-state index in [4.69, 9.17) is 11.6 Å². The van der Waals surface area contributed by atoms with E-state index in [2.05, 4.69) is 40.7 Å². The van der Waals surface area contributed by atoms with Gasteiger partial charge in [-0.3, -0.25) is 9.79 Å². The molecule has 0 bridgehead atoms. The van der Waals surface area contributed by atoms with Crippen LogP contribution in [0, 0.1) is 12.8 Å². The molecule has 0 unspecified atom stereocenters. The first-order valence-electron chi connectivity index (χ1n) is 10.8. The Morgan fingerprint density at radius 1 is 1.16 bits per heavy atom. The first-order chi connectivity index (χ1) is 15.2. The van der Waals surface area contributed by atoms with Crippen LogP contribution in [0.5, 0.6) is 0 Å². The van der Waals surface area contributed by atoms with Crippen molar-refractivity contribution in [2.45, 2.75) is 51.4 Å². The number of rotatable bonds is 4. The molecule has 0 atom stereocenters. The topological polar surface area (TPSA) is 53.5 Å². The van der Waals surface area contributed by atoms with Gasteiger partial charge in [0.2, 0.25) is 0 Å². The van der Waals surface area contributed by atoms with Gasteiger partial charge in [0.05, 0.1) is 22.7 Å². The van der Waals surface area contributed by atoms with E-state index >= 15 is 0 Å². The molecule has 170 valence electrons. The van der Waals surface area contributed by atoms with E-state index in [1.807, 2.05) is 0 Å². The summed E-state index contributed by atoms with van der Waals surface area (Å²) in [6.07, 6.45) is -1.13. The smallest absolute Gasteiger partial charge is 0.370 e. The monoisotopic (exact) mass is 463 g/mol. The van der Waals surface area contributed by atoms with E-state index in [-0.39, 0.29) is 16.6 Å². The average molecular weight is 464 g/mol. The molecule has 1 fully saturated rings. The van der Waals surface area contributed by atoms with E-state index in [9.17, 15) is 18.0 Å². The third kappa shape index (κ3) is 4.93. The highest BCUT2D eigenvalue weighted by Gasteiger charge is 2.32. The Hall–Kier alpha value is -2.54. The number of nitrogens with zero attached hydrogens (tertiary/aromatic N) is 1. The fourth-order valence-corrected chi connectivity index (χ4v) is 4.68. The molecule has 1 aliphatic heterocycles. The first-order valence-corrected chi connectivity index (χ1v) is 11.1. The Bertz CT molecular complexity index is 1040. The quantitative estimate of drug-likeness (QED) is 0.628. The van der Waals surface area contributed by atoms with Gasteiger partial charge < -0.3 is 10.6 Å². The molecule has 0 radical (unpaired) electrons. The zero-order chi connectivity index (χ0) is 22.9. The lowest BCUT2D eigenvalue weighted by atomic mass is 9.85. The Morgan fingerprint density at radius 2 is 1.91 bits per heavy atom. The summed E-state index contributed by atoms with van der Waals surface area (Å²) in [4.78, 5) is 17.2. The van der Waals surface area contributed by atoms with Crippen molar-refractivity contribution in [3.63, 3.8) is 0 Å². The molecule has 4 nitrogen and oxygen atoms in total. The molecule has 2 aromatic rings. The molecule has 1 amide bonds. The van der Waals surface area contributed by atoms with Crippen LogP contribution in [0.4, 0.5) is 13.2 Å². The van der Waals surface area contributed by atoms with E-state index in [1.165, 1.54) is 16.7 Å². The number of halogens is 4. The number of fused-ring (bicyclic) bond motifs is 1. The summed E-state index contributed by atoms with van der Waals surface area (Å²) in [7, 11) is 0. The van der Waals surface area contributed by atoms with Crippen LogP contribution in [0.15, 0.2) is 41.4 Å². The molecule has 2 N–H and O–H groups in total. The second-order valence-corrected chi connectivity index (χ2v) is 8.95. The number of hydrogen-bond acceptors (Lipinski definition) is 3. The normalized spacial score (nSPS) is 20.5. The van der Waals surface area contributed by atoms with Gasteiger partial charge in [-0.25, -0.2) is 0 Å². The third-order valence-electron chi connectivity index (χ3n) is 6.28. The summed E-state index contributed by atoms with van der Waals surface area (Å²) >= 11 is 5.98. The summed E-state index contributed by atoms with van der Waals surface area (Å²) in [5.74, 6) is 0.846. The number of aryl methyl sites for hydroxylation is 1. The summed E-state index contributed by atoms with van der Waals surface area (Å²) in [5, 5.41) is 6.37. The number of aliphatic imine (C=N–C) groups is 1. The number of carbonyl (C=O) groups excluding carboxylic acids is 1. The molecule has 1 heterocycles. The van der Waals surface area contributed by atoms with Crippen molar-refractivity contribution in [1.82, 2.24) is 10.6 Å². The van der Waals surface area contributed by atoms with Crippen LogP contribution in [0.2, 0.25) is 5.02 Å². The van der Waals surface area contributed by atoms with Crippen molar-refractivity contribution >= 4 is 23.3 Å². The lowest BCUT2D eigenvalue weighted by Crippen LogP contribution is -2.40. The van der Waals surface area contributed by atoms with Crippen LogP contribution < -0.4 is 10.6 Å². The van der Waals surface area contributed by atoms with Crippen LogP contribution in [0.3, 0.4) is 0 Å². The van der Waals surface area contributed by atoms with Crippen molar-refractivity contribution in [2.75, 3.05) is 6.54 Å². The predicted octanol–water partition coefficient (Wildman–Crippen LogP) is 5.51. The maximum absolute atomic E-state index is 13.0. The zero-order valence-corrected chi connectivity index (χ0v) is 18.5. The minimum absolute atomic E-state index is 0.0151. The number of benzene rings is 2. The second kappa shape index (κ2) is 9.14. The molecule has 0 spiro atoms. The number of carbonyl (C=O) groups is 1. The molecule has 0 aromatic heterocycles. The fraction of sp³-hybridized carbons (Fsp3) is 0.417. The minimum Gasteiger partial charge on any atom is -0.370 e. The highest BCUT2D eigenvalue weighted by Crippen LogP contribution is 2.32. The Labute approximate surface area is 190 Å². The van der Waals surface area contributed by atoms with E-state index in [0.29, 0.717) is 12.5 Å². The molecular formula is C24H25ClF3N3O. The van der Waals surface area contributed by atoms with Crippen LogP contribution in [-0.4, -0.2) is 24.3 Å². The number of amidine groups is 1. The summed E-state index contributed by atoms with van der Waals surface area (Å²) < 4.78 is 38.9. The molecule has 2 aliphatic rings. The van der Waals surface area contributed by atoms with Crippen molar-refractivity contribution in [3.8, 4) is 0 Å². The molecule has 1 saturated carbocycles. The predicted molar refractivity (Wildman–Crippen MR) is 119 cm³/mol. The Kier molecular flexibility index (Phi) is 6.47. The van der Waals surface area contributed by atoms with Crippen LogP contribution in [-0.2, 0) is 12.7 Å². The zero-order valence-electron chi connectivity index (χ0n) is 17.7. The Balaban J connectivity index is 1.29. The molecule has 8 heteroatoms. The van der Waals surface area contributed by atoms with Crippen LogP contribution in [0.25, 0.3) is 0 Å². The number of amides is 1. The Morgan fingerprint density at radius 3 is 2.62 bits per heavy atom. The van der Waals surface area contributed by atoms with Crippen molar-refractivity contribution in [2.24, 2.45) is 10.9 Å². The molecule has 0 saturated heterocycles. The number of alkyl halides is 3. The van der Waals surface area contributed by atoms with E-state index < -0.39 is 17.6 Å². The summed E-state index contributed by atoms with van der Waals surface area (Å²) in [6, 6.07) is 8.98. The van der Waals surface area contributed by atoms with Gasteiger partial charge in [-0.05, 0) is 67.9 Å². The van der Waals surface area contributed by atoms with Gasteiger partial charge in [0.25, 0.3) is 5.91 Å². The lowest BCUT2D eigenvalue weighted by Gasteiger charge is -2.29. The van der Waals surface area contributed by atoms with E-state index in [1.54, 1.807) is 0 Å². The van der Waals surface area contributed by atoms with Crippen LogP contribution >= 0.6 is 11.6 Å². The summed E-state index contributed by atoms with van der Waals surface area (Å²) in [5.41, 5.74) is 2.64. The highest BCUT2D eigenvalue weighted by molar-refractivity contribution is 6.33. The summed E-state index contributed by atoms with van der Waals surface area (Å²) in [6.45, 7) is 3.61. The standard InChI is InChI=1S/C24H25ClF3N3O/c1-14-3-2-4-16-13-30-22(21(14)16)29-12-15-5-8-18(9-6-15)31-23(32)19-11-17(24(26,27)28)7-10-20(19)25/h2-4,7,10-11,15,18H,5-6,8-9,12-13H2,1H3,(H,29,30)(H,31,32). The van der Waals surface area contributed by atoms with E-state index in [0.717, 1.165) is 56.3 Å². The maximum Gasteiger partial charge on any atom is 0.416 e. The average Bonchev–Trinajstić information content (AvgIpc) is 3.17. The SMILES string of the molecule is Cc1cccc2c1C(NCC1CCC(NC(=O)c3cc(C(F)(F)F)ccc3Cl)CC1)=NC2. The first kappa shape index (κ1) is 22.6. The van der Waals surface area contributed by atoms with Crippen LogP contribution in [0.1, 0.15) is 58.3 Å². The third-order valence-corrected chi connectivity index (χ3v) is 6.61. The van der Waals surface area contributed by atoms with Gasteiger partial charge in [-0.15, -0.1) is 0 Å². The van der Waals surface area contributed by atoms with Crippen molar-refractivity contribution in [3.05, 3.63) is 69.2 Å². The second-order valence-electron chi connectivity index (χ2n) is 8.54. The molecular weight excluding hydrogens is 439 g/mol. The minimum atomic E-state index is -4.52. The molecule has 2 aromatic carbocycles. The van der Waals surface area contributed by atoms with Gasteiger partial charge in [-0.1, -0.05) is 29.8 Å². The number of hydrogen-bond donors (Lipinski definition) is 2. The fourth-order valence-electron chi connectivity index (χ4n) is 4.48. The van der Waals surface area contributed by atoms with Gasteiger partial charge in [-0.2, -0.15) is 13.2 Å².